The molecule has 0 spiro atoms. The summed E-state index contributed by atoms with van der Waals surface area (Å²) in [6, 6.07) is 4.20. The lowest BCUT2D eigenvalue weighted by molar-refractivity contribution is 0.479. The van der Waals surface area contributed by atoms with Gasteiger partial charge in [-0.2, -0.15) is 0 Å². The Bertz CT molecular complexity index is 670. The number of H-pyrrole nitrogens is 1. The molecule has 2 aromatic rings. The van der Waals surface area contributed by atoms with Crippen molar-refractivity contribution < 1.29 is 5.11 Å². The lowest BCUT2D eigenvalue weighted by atomic mass is 10.2. The number of aromatic nitrogens is 2. The molecule has 0 radical (unpaired) electrons. The zero-order valence-corrected chi connectivity index (χ0v) is 9.30. The zero-order valence-electron chi connectivity index (χ0n) is 9.30. The number of phenolic OH excluding ortho intramolecular Hbond substituents is 1. The maximum absolute atomic E-state index is 12.0. The predicted molar refractivity (Wildman–Crippen MR) is 64.1 cm³/mol. The van der Waals surface area contributed by atoms with Gasteiger partial charge in [-0.05, 0) is 19.1 Å². The summed E-state index contributed by atoms with van der Waals surface area (Å²) in [5.74, 6) is -0.151. The van der Waals surface area contributed by atoms with E-state index >= 15 is 0 Å². The first kappa shape index (κ1) is 11.4. The van der Waals surface area contributed by atoms with Gasteiger partial charge >= 0.3 is 5.69 Å². The van der Waals surface area contributed by atoms with Crippen molar-refractivity contribution in [1.29, 1.82) is 0 Å². The lowest BCUT2D eigenvalue weighted by Crippen LogP contribution is -2.39. The predicted octanol–water partition coefficient (Wildman–Crippen LogP) is -0.257. The molecule has 2 rings (SSSR count). The average Bonchev–Trinajstić information content (AvgIpc) is 2.23. The van der Waals surface area contributed by atoms with Crippen molar-refractivity contribution in [3.05, 3.63) is 39.0 Å². The maximum Gasteiger partial charge on any atom is 0.328 e. The molecular formula is C11H13N3O3. The molecule has 1 aromatic heterocycles. The number of benzene rings is 1. The molecule has 0 fully saturated rings. The minimum atomic E-state index is -0.529. The first-order valence-corrected chi connectivity index (χ1v) is 5.21. The number of hydrogen-bond acceptors (Lipinski definition) is 4. The molecule has 0 saturated carbocycles. The molecule has 0 aliphatic carbocycles. The second kappa shape index (κ2) is 4.06. The highest BCUT2D eigenvalue weighted by Gasteiger charge is 2.11. The van der Waals surface area contributed by atoms with E-state index in [1.165, 1.54) is 6.07 Å². The fourth-order valence-corrected chi connectivity index (χ4v) is 1.73. The van der Waals surface area contributed by atoms with Gasteiger partial charge in [-0.3, -0.25) is 9.36 Å². The highest BCUT2D eigenvalue weighted by Crippen LogP contribution is 2.17. The maximum atomic E-state index is 12.0. The summed E-state index contributed by atoms with van der Waals surface area (Å²) in [4.78, 5) is 26.2. The monoisotopic (exact) mass is 235 g/mol. The Balaban J connectivity index is 2.84. The Morgan fingerprint density at radius 2 is 2.18 bits per heavy atom. The highest BCUT2D eigenvalue weighted by molar-refractivity contribution is 5.83. The number of phenols is 1. The van der Waals surface area contributed by atoms with E-state index in [0.717, 1.165) is 4.57 Å². The van der Waals surface area contributed by atoms with Gasteiger partial charge in [0.2, 0.25) is 0 Å². The van der Waals surface area contributed by atoms with Gasteiger partial charge in [-0.1, -0.05) is 6.07 Å². The number of rotatable bonds is 2. The van der Waals surface area contributed by atoms with Crippen LogP contribution in [0.5, 0.6) is 5.75 Å². The van der Waals surface area contributed by atoms with Gasteiger partial charge in [0.05, 0.1) is 5.52 Å². The van der Waals surface area contributed by atoms with E-state index in [1.807, 2.05) is 0 Å². The fourth-order valence-electron chi connectivity index (χ4n) is 1.73. The molecule has 1 heterocycles. The minimum Gasteiger partial charge on any atom is -0.507 e. The molecule has 1 unspecified atom stereocenters. The molecule has 0 bridgehead atoms. The van der Waals surface area contributed by atoms with Gasteiger partial charge < -0.3 is 15.8 Å². The first-order chi connectivity index (χ1) is 8.00. The molecule has 90 valence electrons. The van der Waals surface area contributed by atoms with E-state index in [-0.39, 0.29) is 23.7 Å². The van der Waals surface area contributed by atoms with Crippen LogP contribution in [0.25, 0.3) is 10.9 Å². The largest absolute Gasteiger partial charge is 0.507 e. The van der Waals surface area contributed by atoms with Crippen molar-refractivity contribution in [2.75, 3.05) is 0 Å². The van der Waals surface area contributed by atoms with Gasteiger partial charge in [0.25, 0.3) is 5.56 Å². The molecular weight excluding hydrogens is 222 g/mol. The third-order valence-electron chi connectivity index (χ3n) is 2.46. The molecule has 6 nitrogen and oxygen atoms in total. The summed E-state index contributed by atoms with van der Waals surface area (Å²) in [5, 5.41) is 9.74. The van der Waals surface area contributed by atoms with E-state index in [4.69, 9.17) is 5.73 Å². The molecule has 6 heteroatoms. The van der Waals surface area contributed by atoms with Gasteiger partial charge in [0.15, 0.2) is 0 Å². The van der Waals surface area contributed by atoms with Crippen molar-refractivity contribution in [2.24, 2.45) is 5.73 Å². The van der Waals surface area contributed by atoms with E-state index in [9.17, 15) is 14.7 Å². The summed E-state index contributed by atoms with van der Waals surface area (Å²) >= 11 is 0. The summed E-state index contributed by atoms with van der Waals surface area (Å²) in [5.41, 5.74) is 4.84. The number of hydrogen-bond donors (Lipinski definition) is 3. The SMILES string of the molecule is CC(N)Cn1c(=O)[nH]c2cccc(O)c2c1=O. The average molecular weight is 235 g/mol. The minimum absolute atomic E-state index is 0.104. The van der Waals surface area contributed by atoms with Crippen LogP contribution < -0.4 is 17.0 Å². The van der Waals surface area contributed by atoms with Crippen molar-refractivity contribution in [2.45, 2.75) is 19.5 Å². The van der Waals surface area contributed by atoms with Crippen molar-refractivity contribution in [1.82, 2.24) is 9.55 Å². The summed E-state index contributed by atoms with van der Waals surface area (Å²) in [6.45, 7) is 1.80. The van der Waals surface area contributed by atoms with Gasteiger partial charge in [0, 0.05) is 12.6 Å². The van der Waals surface area contributed by atoms with Gasteiger partial charge in [-0.15, -0.1) is 0 Å². The molecule has 17 heavy (non-hydrogen) atoms. The first-order valence-electron chi connectivity index (χ1n) is 5.21. The van der Waals surface area contributed by atoms with Crippen LogP contribution in [0.1, 0.15) is 6.92 Å². The number of fused-ring (bicyclic) bond motifs is 1. The Kier molecular flexibility index (Phi) is 2.72. The second-order valence-corrected chi connectivity index (χ2v) is 4.02. The third-order valence-corrected chi connectivity index (χ3v) is 2.46. The Morgan fingerprint density at radius 1 is 1.47 bits per heavy atom. The standard InChI is InChI=1S/C11H13N3O3/c1-6(12)5-14-10(16)9-7(13-11(14)17)3-2-4-8(9)15/h2-4,6,15H,5,12H2,1H3,(H,13,17). The van der Waals surface area contributed by atoms with Gasteiger partial charge in [0.1, 0.15) is 11.1 Å². The van der Waals surface area contributed by atoms with E-state index in [1.54, 1.807) is 19.1 Å². The molecule has 1 atom stereocenters. The smallest absolute Gasteiger partial charge is 0.328 e. The number of aromatic amines is 1. The quantitative estimate of drug-likeness (QED) is 0.667. The summed E-state index contributed by atoms with van der Waals surface area (Å²) in [6.07, 6.45) is 0. The van der Waals surface area contributed by atoms with Crippen LogP contribution in [0.4, 0.5) is 0 Å². The lowest BCUT2D eigenvalue weighted by Gasteiger charge is -2.09. The second-order valence-electron chi connectivity index (χ2n) is 4.02. The van der Waals surface area contributed by atoms with E-state index < -0.39 is 11.2 Å². The zero-order chi connectivity index (χ0) is 12.6. The van der Waals surface area contributed by atoms with Crippen molar-refractivity contribution >= 4 is 10.9 Å². The molecule has 0 aliphatic heterocycles. The van der Waals surface area contributed by atoms with E-state index in [0.29, 0.717) is 5.52 Å². The molecule has 0 saturated heterocycles. The topological polar surface area (TPSA) is 101 Å². The van der Waals surface area contributed by atoms with Crippen LogP contribution in [0.15, 0.2) is 27.8 Å². The van der Waals surface area contributed by atoms with Crippen LogP contribution in [0.3, 0.4) is 0 Å². The van der Waals surface area contributed by atoms with Crippen LogP contribution in [-0.2, 0) is 6.54 Å². The molecule has 4 N–H and O–H groups in total. The van der Waals surface area contributed by atoms with Crippen LogP contribution in [0, 0.1) is 0 Å². The van der Waals surface area contributed by atoms with Crippen molar-refractivity contribution in [3.8, 4) is 5.75 Å². The highest BCUT2D eigenvalue weighted by atomic mass is 16.3. The Morgan fingerprint density at radius 3 is 2.82 bits per heavy atom. The Hall–Kier alpha value is -2.08. The Labute approximate surface area is 96.3 Å². The fraction of sp³-hybridized carbons (Fsp3) is 0.273. The molecule has 0 aliphatic rings. The number of nitrogens with two attached hydrogens (primary N) is 1. The summed E-state index contributed by atoms with van der Waals surface area (Å²) in [7, 11) is 0. The van der Waals surface area contributed by atoms with E-state index in [2.05, 4.69) is 4.98 Å². The normalized spacial score (nSPS) is 12.8. The molecule has 0 amide bonds. The number of aromatic hydroxyl groups is 1. The number of nitrogens with zero attached hydrogens (tertiary/aromatic N) is 1. The number of nitrogens with one attached hydrogen (secondary N) is 1. The van der Waals surface area contributed by atoms with Crippen molar-refractivity contribution in [3.63, 3.8) is 0 Å². The van der Waals surface area contributed by atoms with Crippen LogP contribution in [0.2, 0.25) is 0 Å². The van der Waals surface area contributed by atoms with Crippen LogP contribution in [-0.4, -0.2) is 20.7 Å². The van der Waals surface area contributed by atoms with Gasteiger partial charge in [-0.25, -0.2) is 4.79 Å². The summed E-state index contributed by atoms with van der Waals surface area (Å²) < 4.78 is 0.993. The molecule has 1 aromatic carbocycles. The third kappa shape index (κ3) is 1.94. The van der Waals surface area contributed by atoms with Crippen LogP contribution >= 0.6 is 0 Å².